The number of urea groups is 2. The first-order chi connectivity index (χ1) is 7.93. The van der Waals surface area contributed by atoms with Crippen molar-refractivity contribution in [3.63, 3.8) is 0 Å². The van der Waals surface area contributed by atoms with Gasteiger partial charge in [0, 0.05) is 21.1 Å². The second kappa shape index (κ2) is 5.29. The third-order valence-electron chi connectivity index (χ3n) is 2.09. The van der Waals surface area contributed by atoms with Crippen molar-refractivity contribution < 1.29 is 14.0 Å². The van der Waals surface area contributed by atoms with E-state index in [0.29, 0.717) is 0 Å². The third-order valence-corrected chi connectivity index (χ3v) is 2.09. The molecule has 0 fully saturated rings. The molecule has 0 aliphatic rings. The zero-order valence-corrected chi connectivity index (χ0v) is 9.90. The van der Waals surface area contributed by atoms with Crippen LogP contribution < -0.4 is 5.32 Å². The number of anilines is 1. The number of nitrogens with one attached hydrogen (secondary N) is 1. The van der Waals surface area contributed by atoms with E-state index in [1.807, 2.05) is 0 Å². The number of para-hydroxylation sites is 1. The molecule has 4 amide bonds. The van der Waals surface area contributed by atoms with E-state index in [-0.39, 0.29) is 5.69 Å². The Labute approximate surface area is 98.8 Å². The van der Waals surface area contributed by atoms with Crippen molar-refractivity contribution in [3.05, 3.63) is 30.1 Å². The summed E-state index contributed by atoms with van der Waals surface area (Å²) >= 11 is 0. The molecule has 0 saturated carbocycles. The topological polar surface area (TPSA) is 52.7 Å². The third kappa shape index (κ3) is 3.17. The Hall–Kier alpha value is -2.11. The number of hydrogen-bond acceptors (Lipinski definition) is 2. The number of halogens is 1. The average Bonchev–Trinajstić information content (AvgIpc) is 2.30. The highest BCUT2D eigenvalue weighted by Crippen LogP contribution is 2.12. The molecule has 92 valence electrons. The van der Waals surface area contributed by atoms with Crippen LogP contribution in [0.4, 0.5) is 19.7 Å². The van der Waals surface area contributed by atoms with Crippen molar-refractivity contribution >= 4 is 17.7 Å². The van der Waals surface area contributed by atoms with Gasteiger partial charge in [0.05, 0.1) is 5.69 Å². The molecule has 0 aliphatic carbocycles. The number of carbonyl (C=O) groups excluding carboxylic acids is 2. The summed E-state index contributed by atoms with van der Waals surface area (Å²) in [6.07, 6.45) is 0. The standard InChI is InChI=1S/C11H14FN3O2/c1-14(2)11(17)15(3)10(16)13-9-7-5-4-6-8(9)12/h4-7H,1-3H3,(H,13,16). The smallest absolute Gasteiger partial charge is 0.329 e. The highest BCUT2D eigenvalue weighted by Gasteiger charge is 2.19. The minimum atomic E-state index is -0.686. The van der Waals surface area contributed by atoms with Gasteiger partial charge in [0.15, 0.2) is 0 Å². The second-order valence-corrected chi connectivity index (χ2v) is 3.65. The van der Waals surface area contributed by atoms with Gasteiger partial charge in [0.25, 0.3) is 0 Å². The Morgan fingerprint density at radius 2 is 1.76 bits per heavy atom. The van der Waals surface area contributed by atoms with Gasteiger partial charge in [-0.1, -0.05) is 12.1 Å². The maximum Gasteiger partial charge on any atom is 0.329 e. The minimum Gasteiger partial charge on any atom is -0.330 e. The van der Waals surface area contributed by atoms with Crippen LogP contribution in [0.5, 0.6) is 0 Å². The van der Waals surface area contributed by atoms with E-state index in [2.05, 4.69) is 5.32 Å². The van der Waals surface area contributed by atoms with E-state index < -0.39 is 17.9 Å². The zero-order chi connectivity index (χ0) is 13.0. The maximum atomic E-state index is 13.2. The molecule has 1 rings (SSSR count). The van der Waals surface area contributed by atoms with E-state index in [1.165, 1.54) is 44.2 Å². The fourth-order valence-corrected chi connectivity index (χ4v) is 1.15. The number of carbonyl (C=O) groups is 2. The van der Waals surface area contributed by atoms with Crippen LogP contribution in [-0.4, -0.2) is 43.0 Å². The molecule has 17 heavy (non-hydrogen) atoms. The number of imide groups is 1. The van der Waals surface area contributed by atoms with Gasteiger partial charge < -0.3 is 10.2 Å². The Morgan fingerprint density at radius 3 is 2.29 bits per heavy atom. The quantitative estimate of drug-likeness (QED) is 0.814. The minimum absolute atomic E-state index is 0.0379. The molecule has 0 atom stereocenters. The van der Waals surface area contributed by atoms with Crippen LogP contribution in [-0.2, 0) is 0 Å². The van der Waals surface area contributed by atoms with Gasteiger partial charge in [-0.2, -0.15) is 0 Å². The number of hydrogen-bond donors (Lipinski definition) is 1. The summed E-state index contributed by atoms with van der Waals surface area (Å²) in [5, 5.41) is 2.31. The predicted molar refractivity (Wildman–Crippen MR) is 62.3 cm³/mol. The summed E-state index contributed by atoms with van der Waals surface area (Å²) in [4.78, 5) is 25.2. The van der Waals surface area contributed by atoms with Crippen molar-refractivity contribution in [1.82, 2.24) is 9.80 Å². The first kappa shape index (κ1) is 13.0. The van der Waals surface area contributed by atoms with Gasteiger partial charge in [0.2, 0.25) is 0 Å². The molecule has 0 spiro atoms. The van der Waals surface area contributed by atoms with Crippen LogP contribution >= 0.6 is 0 Å². The molecule has 1 aromatic rings. The van der Waals surface area contributed by atoms with Crippen molar-refractivity contribution in [1.29, 1.82) is 0 Å². The van der Waals surface area contributed by atoms with Crippen LogP contribution in [0.2, 0.25) is 0 Å². The first-order valence-corrected chi connectivity index (χ1v) is 4.94. The molecule has 0 saturated heterocycles. The van der Waals surface area contributed by atoms with Gasteiger partial charge >= 0.3 is 12.1 Å². The van der Waals surface area contributed by atoms with Crippen molar-refractivity contribution in [2.45, 2.75) is 0 Å². The molecule has 1 N–H and O–H groups in total. The van der Waals surface area contributed by atoms with Crippen LogP contribution in [0.1, 0.15) is 0 Å². The van der Waals surface area contributed by atoms with Gasteiger partial charge in [0.1, 0.15) is 5.82 Å². The van der Waals surface area contributed by atoms with Crippen LogP contribution in [0, 0.1) is 5.82 Å². The van der Waals surface area contributed by atoms with Crippen molar-refractivity contribution in [3.8, 4) is 0 Å². The normalized spacial score (nSPS) is 9.65. The van der Waals surface area contributed by atoms with Gasteiger partial charge in [-0.3, -0.25) is 0 Å². The highest BCUT2D eigenvalue weighted by molar-refractivity contribution is 6.00. The van der Waals surface area contributed by atoms with E-state index in [4.69, 9.17) is 0 Å². The number of nitrogens with zero attached hydrogens (tertiary/aromatic N) is 2. The SMILES string of the molecule is CN(C)C(=O)N(C)C(=O)Nc1ccccc1F. The molecule has 0 bridgehead atoms. The fraction of sp³-hybridized carbons (Fsp3) is 0.273. The number of benzene rings is 1. The highest BCUT2D eigenvalue weighted by atomic mass is 19.1. The summed E-state index contributed by atoms with van der Waals surface area (Å²) in [5.41, 5.74) is 0.0379. The van der Waals surface area contributed by atoms with Crippen molar-refractivity contribution in [2.24, 2.45) is 0 Å². The lowest BCUT2D eigenvalue weighted by Gasteiger charge is -2.20. The fourth-order valence-electron chi connectivity index (χ4n) is 1.15. The number of rotatable bonds is 1. The molecule has 0 aliphatic heterocycles. The number of amides is 4. The molecular formula is C11H14FN3O2. The Kier molecular flexibility index (Phi) is 4.03. The average molecular weight is 239 g/mol. The Bertz CT molecular complexity index is 434. The van der Waals surface area contributed by atoms with Crippen LogP contribution in [0.25, 0.3) is 0 Å². The molecule has 0 unspecified atom stereocenters. The van der Waals surface area contributed by atoms with Crippen LogP contribution in [0.3, 0.4) is 0 Å². The molecule has 5 nitrogen and oxygen atoms in total. The second-order valence-electron chi connectivity index (χ2n) is 3.65. The van der Waals surface area contributed by atoms with Crippen molar-refractivity contribution in [2.75, 3.05) is 26.5 Å². The Balaban J connectivity index is 2.73. The maximum absolute atomic E-state index is 13.2. The summed E-state index contributed by atoms with van der Waals surface area (Å²) in [7, 11) is 4.36. The van der Waals surface area contributed by atoms with E-state index in [9.17, 15) is 14.0 Å². The first-order valence-electron chi connectivity index (χ1n) is 4.94. The molecule has 6 heteroatoms. The summed E-state index contributed by atoms with van der Waals surface area (Å²) < 4.78 is 13.2. The summed E-state index contributed by atoms with van der Waals surface area (Å²) in [6.45, 7) is 0. The molecule has 0 aromatic heterocycles. The summed E-state index contributed by atoms with van der Waals surface area (Å²) in [6, 6.07) is 4.57. The van der Waals surface area contributed by atoms with Crippen LogP contribution in [0.15, 0.2) is 24.3 Å². The van der Waals surface area contributed by atoms with E-state index >= 15 is 0 Å². The Morgan fingerprint density at radius 1 is 1.18 bits per heavy atom. The van der Waals surface area contributed by atoms with E-state index in [1.54, 1.807) is 6.07 Å². The van der Waals surface area contributed by atoms with Gasteiger partial charge in [-0.25, -0.2) is 18.9 Å². The van der Waals surface area contributed by atoms with Gasteiger partial charge in [-0.15, -0.1) is 0 Å². The molecule has 0 heterocycles. The molecule has 1 aromatic carbocycles. The molecule has 0 radical (unpaired) electrons. The monoisotopic (exact) mass is 239 g/mol. The van der Waals surface area contributed by atoms with E-state index in [0.717, 1.165) is 4.90 Å². The van der Waals surface area contributed by atoms with Gasteiger partial charge in [-0.05, 0) is 12.1 Å². The molecular weight excluding hydrogens is 225 g/mol. The largest absolute Gasteiger partial charge is 0.330 e. The lowest BCUT2D eigenvalue weighted by Crippen LogP contribution is -2.42. The zero-order valence-electron chi connectivity index (χ0n) is 9.90. The lowest BCUT2D eigenvalue weighted by atomic mass is 10.3. The predicted octanol–water partition coefficient (Wildman–Crippen LogP) is 1.97. The summed E-state index contributed by atoms with van der Waals surface area (Å²) in [5.74, 6) is -0.549. The lowest BCUT2D eigenvalue weighted by molar-refractivity contribution is 0.182.